The third-order valence-corrected chi connectivity index (χ3v) is 4.23. The standard InChI is InChI=1S/C19H27F2NO3/c1-19(2,3)25-18(23)22-10-7-14(8-11-22)9-12-24-13-15-5-4-6-16(20)17(15)21/h4-6,14H,7-13H2,1-3H3. The molecule has 25 heavy (non-hydrogen) atoms. The molecule has 0 aliphatic carbocycles. The van der Waals surface area contributed by atoms with Gasteiger partial charge in [0.15, 0.2) is 11.6 Å². The number of hydrogen-bond acceptors (Lipinski definition) is 3. The van der Waals surface area contributed by atoms with Gasteiger partial charge in [-0.05, 0) is 52.0 Å². The SMILES string of the molecule is CC(C)(C)OC(=O)N1CCC(CCOCc2cccc(F)c2F)CC1. The fourth-order valence-electron chi connectivity index (χ4n) is 2.82. The van der Waals surface area contributed by atoms with E-state index in [1.54, 1.807) is 4.90 Å². The first-order valence-electron chi connectivity index (χ1n) is 8.75. The van der Waals surface area contributed by atoms with E-state index in [2.05, 4.69) is 0 Å². The number of nitrogens with zero attached hydrogens (tertiary/aromatic N) is 1. The minimum absolute atomic E-state index is 0.0698. The summed E-state index contributed by atoms with van der Waals surface area (Å²) >= 11 is 0. The average molecular weight is 355 g/mol. The molecule has 1 saturated heterocycles. The molecular weight excluding hydrogens is 328 g/mol. The quantitative estimate of drug-likeness (QED) is 0.729. The molecule has 0 N–H and O–H groups in total. The van der Waals surface area contributed by atoms with Gasteiger partial charge in [0.05, 0.1) is 6.61 Å². The summed E-state index contributed by atoms with van der Waals surface area (Å²) in [6, 6.07) is 4.10. The number of ether oxygens (including phenoxy) is 2. The second-order valence-corrected chi connectivity index (χ2v) is 7.46. The monoisotopic (exact) mass is 355 g/mol. The molecule has 1 aromatic carbocycles. The van der Waals surface area contributed by atoms with Gasteiger partial charge in [-0.1, -0.05) is 12.1 Å². The van der Waals surface area contributed by atoms with E-state index in [1.807, 2.05) is 20.8 Å². The Labute approximate surface area is 148 Å². The third-order valence-electron chi connectivity index (χ3n) is 4.23. The Hall–Kier alpha value is -1.69. The van der Waals surface area contributed by atoms with Crippen LogP contribution in [0.5, 0.6) is 0 Å². The molecule has 140 valence electrons. The smallest absolute Gasteiger partial charge is 0.410 e. The number of rotatable bonds is 5. The Kier molecular flexibility index (Phi) is 6.76. The topological polar surface area (TPSA) is 38.8 Å². The summed E-state index contributed by atoms with van der Waals surface area (Å²) in [5.41, 5.74) is -0.242. The third kappa shape index (κ3) is 6.27. The van der Waals surface area contributed by atoms with Crippen molar-refractivity contribution >= 4 is 6.09 Å². The maximum absolute atomic E-state index is 13.5. The highest BCUT2D eigenvalue weighted by Gasteiger charge is 2.26. The molecule has 2 rings (SSSR count). The van der Waals surface area contributed by atoms with Gasteiger partial charge in [0.2, 0.25) is 0 Å². The first-order valence-corrected chi connectivity index (χ1v) is 8.75. The van der Waals surface area contributed by atoms with Gasteiger partial charge in [0.25, 0.3) is 0 Å². The zero-order chi connectivity index (χ0) is 18.4. The van der Waals surface area contributed by atoms with Crippen molar-refractivity contribution in [3.05, 3.63) is 35.4 Å². The summed E-state index contributed by atoms with van der Waals surface area (Å²) < 4.78 is 37.5. The first kappa shape index (κ1) is 19.6. The van der Waals surface area contributed by atoms with Gasteiger partial charge < -0.3 is 14.4 Å². The molecule has 0 spiro atoms. The molecule has 0 atom stereocenters. The Morgan fingerprint density at radius 1 is 1.24 bits per heavy atom. The lowest BCUT2D eigenvalue weighted by Crippen LogP contribution is -2.41. The molecule has 1 aliphatic rings. The summed E-state index contributed by atoms with van der Waals surface area (Å²) in [7, 11) is 0. The average Bonchev–Trinajstić information content (AvgIpc) is 2.54. The van der Waals surface area contributed by atoms with Crippen LogP contribution >= 0.6 is 0 Å². The van der Waals surface area contributed by atoms with Crippen LogP contribution in [0.2, 0.25) is 0 Å². The van der Waals surface area contributed by atoms with Crippen molar-refractivity contribution in [3.63, 3.8) is 0 Å². The van der Waals surface area contributed by atoms with Gasteiger partial charge >= 0.3 is 6.09 Å². The van der Waals surface area contributed by atoms with Crippen LogP contribution in [0.4, 0.5) is 13.6 Å². The van der Waals surface area contributed by atoms with Crippen LogP contribution in [0, 0.1) is 17.6 Å². The highest BCUT2D eigenvalue weighted by atomic mass is 19.2. The predicted octanol–water partition coefficient (Wildman–Crippen LogP) is 4.52. The van der Waals surface area contributed by atoms with Crippen LogP contribution in [-0.2, 0) is 16.1 Å². The zero-order valence-corrected chi connectivity index (χ0v) is 15.2. The van der Waals surface area contributed by atoms with Crippen LogP contribution in [0.25, 0.3) is 0 Å². The number of hydrogen-bond donors (Lipinski definition) is 0. The number of carbonyl (C=O) groups is 1. The molecule has 0 aromatic heterocycles. The second-order valence-electron chi connectivity index (χ2n) is 7.46. The lowest BCUT2D eigenvalue weighted by molar-refractivity contribution is 0.0164. The van der Waals surface area contributed by atoms with Crippen LogP contribution in [0.15, 0.2) is 18.2 Å². The molecule has 4 nitrogen and oxygen atoms in total. The van der Waals surface area contributed by atoms with Gasteiger partial charge in [-0.2, -0.15) is 0 Å². The summed E-state index contributed by atoms with van der Waals surface area (Å²) in [6.45, 7) is 7.49. The molecular formula is C19H27F2NO3. The number of amides is 1. The minimum Gasteiger partial charge on any atom is -0.444 e. The summed E-state index contributed by atoms with van der Waals surface area (Å²) in [5, 5.41) is 0. The molecule has 1 heterocycles. The van der Waals surface area contributed by atoms with Crippen LogP contribution in [0.1, 0.15) is 45.6 Å². The van der Waals surface area contributed by atoms with E-state index in [0.717, 1.165) is 25.3 Å². The Bertz CT molecular complexity index is 579. The van der Waals surface area contributed by atoms with E-state index in [-0.39, 0.29) is 18.3 Å². The van der Waals surface area contributed by atoms with Crippen molar-refractivity contribution < 1.29 is 23.0 Å². The fraction of sp³-hybridized carbons (Fsp3) is 0.632. The summed E-state index contributed by atoms with van der Waals surface area (Å²) in [4.78, 5) is 13.8. The van der Waals surface area contributed by atoms with Crippen LogP contribution in [0.3, 0.4) is 0 Å². The molecule has 0 saturated carbocycles. The highest BCUT2D eigenvalue weighted by Crippen LogP contribution is 2.22. The molecule has 1 fully saturated rings. The van der Waals surface area contributed by atoms with Crippen molar-refractivity contribution in [2.45, 2.75) is 52.2 Å². The van der Waals surface area contributed by atoms with Crippen LogP contribution in [-0.4, -0.2) is 36.3 Å². The zero-order valence-electron chi connectivity index (χ0n) is 15.2. The summed E-state index contributed by atoms with van der Waals surface area (Å²) in [6.07, 6.45) is 2.39. The van der Waals surface area contributed by atoms with E-state index in [4.69, 9.17) is 9.47 Å². The van der Waals surface area contributed by atoms with Crippen molar-refractivity contribution in [2.24, 2.45) is 5.92 Å². The number of piperidine rings is 1. The van der Waals surface area contributed by atoms with Crippen molar-refractivity contribution in [3.8, 4) is 0 Å². The molecule has 0 radical (unpaired) electrons. The summed E-state index contributed by atoms with van der Waals surface area (Å²) in [5.74, 6) is -1.22. The van der Waals surface area contributed by atoms with E-state index in [0.29, 0.717) is 25.6 Å². The van der Waals surface area contributed by atoms with Crippen molar-refractivity contribution in [1.82, 2.24) is 4.90 Å². The normalized spacial score (nSPS) is 16.1. The Balaban J connectivity index is 1.66. The Morgan fingerprint density at radius 2 is 1.92 bits per heavy atom. The van der Waals surface area contributed by atoms with Gasteiger partial charge in [-0.25, -0.2) is 13.6 Å². The first-order chi connectivity index (χ1) is 11.8. The molecule has 1 amide bonds. The van der Waals surface area contributed by atoms with E-state index in [1.165, 1.54) is 12.1 Å². The Morgan fingerprint density at radius 3 is 2.56 bits per heavy atom. The van der Waals surface area contributed by atoms with Crippen molar-refractivity contribution in [1.29, 1.82) is 0 Å². The lowest BCUT2D eigenvalue weighted by Gasteiger charge is -2.33. The van der Waals surface area contributed by atoms with E-state index in [9.17, 15) is 13.6 Å². The van der Waals surface area contributed by atoms with Crippen molar-refractivity contribution in [2.75, 3.05) is 19.7 Å². The number of likely N-dealkylation sites (tertiary alicyclic amines) is 1. The maximum atomic E-state index is 13.5. The predicted molar refractivity (Wildman–Crippen MR) is 91.2 cm³/mol. The van der Waals surface area contributed by atoms with E-state index < -0.39 is 17.2 Å². The molecule has 6 heteroatoms. The molecule has 1 aliphatic heterocycles. The van der Waals surface area contributed by atoms with Gasteiger partial charge in [-0.15, -0.1) is 0 Å². The molecule has 0 bridgehead atoms. The fourth-order valence-corrected chi connectivity index (χ4v) is 2.82. The van der Waals surface area contributed by atoms with Crippen LogP contribution < -0.4 is 0 Å². The second kappa shape index (κ2) is 8.61. The highest BCUT2D eigenvalue weighted by molar-refractivity contribution is 5.68. The maximum Gasteiger partial charge on any atom is 0.410 e. The largest absolute Gasteiger partial charge is 0.444 e. The van der Waals surface area contributed by atoms with E-state index >= 15 is 0 Å². The lowest BCUT2D eigenvalue weighted by atomic mass is 9.94. The van der Waals surface area contributed by atoms with Gasteiger partial charge in [0, 0.05) is 25.3 Å². The van der Waals surface area contributed by atoms with Gasteiger partial charge in [-0.3, -0.25) is 0 Å². The number of benzene rings is 1. The number of halogens is 2. The molecule has 1 aromatic rings. The number of carbonyl (C=O) groups excluding carboxylic acids is 1. The minimum atomic E-state index is -0.851. The van der Waals surface area contributed by atoms with Gasteiger partial charge in [0.1, 0.15) is 5.60 Å². The molecule has 0 unspecified atom stereocenters.